The minimum absolute atomic E-state index is 0.00169. The van der Waals surface area contributed by atoms with Crippen molar-refractivity contribution in [3.8, 4) is 5.75 Å². The topological polar surface area (TPSA) is 53.6 Å². The summed E-state index contributed by atoms with van der Waals surface area (Å²) in [6.07, 6.45) is 2.58. The third kappa shape index (κ3) is 6.08. The summed E-state index contributed by atoms with van der Waals surface area (Å²) in [6, 6.07) is 16.3. The van der Waals surface area contributed by atoms with Crippen LogP contribution in [0.2, 0.25) is 0 Å². The van der Waals surface area contributed by atoms with Crippen LogP contribution >= 0.6 is 0 Å². The molecule has 150 valence electrons. The van der Waals surface area contributed by atoms with Gasteiger partial charge in [-0.1, -0.05) is 36.8 Å². The molecular formula is C23H31N3O2. The van der Waals surface area contributed by atoms with Gasteiger partial charge < -0.3 is 15.4 Å². The Morgan fingerprint density at radius 3 is 2.82 bits per heavy atom. The Bertz CT molecular complexity index is 761. The van der Waals surface area contributed by atoms with Crippen LogP contribution in [0.25, 0.3) is 0 Å². The van der Waals surface area contributed by atoms with Crippen LogP contribution in [0.3, 0.4) is 0 Å². The van der Waals surface area contributed by atoms with Gasteiger partial charge in [0.15, 0.2) is 6.61 Å². The lowest BCUT2D eigenvalue weighted by molar-refractivity contribution is -0.118. The molecule has 1 aliphatic rings. The third-order valence-corrected chi connectivity index (χ3v) is 5.22. The lowest BCUT2D eigenvalue weighted by atomic mass is 10.2. The van der Waals surface area contributed by atoms with Gasteiger partial charge in [-0.3, -0.25) is 9.69 Å². The quantitative estimate of drug-likeness (QED) is 0.697. The lowest BCUT2D eigenvalue weighted by Gasteiger charge is -2.23. The molecule has 0 bridgehead atoms. The van der Waals surface area contributed by atoms with Crippen LogP contribution in [-0.4, -0.2) is 43.1 Å². The molecule has 0 unspecified atom stereocenters. The summed E-state index contributed by atoms with van der Waals surface area (Å²) in [4.78, 5) is 14.6. The first-order valence-corrected chi connectivity index (χ1v) is 10.2. The fraction of sp³-hybridized carbons (Fsp3) is 0.435. The maximum absolute atomic E-state index is 12.1. The number of likely N-dealkylation sites (N-methyl/N-ethyl adjacent to an activating group) is 1. The Kier molecular flexibility index (Phi) is 7.46. The molecular weight excluding hydrogens is 350 g/mol. The van der Waals surface area contributed by atoms with Crippen molar-refractivity contribution < 1.29 is 9.53 Å². The van der Waals surface area contributed by atoms with E-state index in [1.54, 1.807) is 0 Å². The summed E-state index contributed by atoms with van der Waals surface area (Å²) in [5.41, 5.74) is 3.11. The average Bonchev–Trinajstić information content (AvgIpc) is 3.16. The molecule has 3 rings (SSSR count). The van der Waals surface area contributed by atoms with E-state index in [1.165, 1.54) is 19.4 Å². The second kappa shape index (κ2) is 10.2. The van der Waals surface area contributed by atoms with E-state index in [-0.39, 0.29) is 12.5 Å². The van der Waals surface area contributed by atoms with Crippen LogP contribution < -0.4 is 15.4 Å². The first kappa shape index (κ1) is 20.4. The highest BCUT2D eigenvalue weighted by molar-refractivity contribution is 5.91. The van der Waals surface area contributed by atoms with Gasteiger partial charge in [0, 0.05) is 24.8 Å². The number of anilines is 1. The van der Waals surface area contributed by atoms with Gasteiger partial charge in [0.2, 0.25) is 0 Å². The smallest absolute Gasteiger partial charge is 0.262 e. The summed E-state index contributed by atoms with van der Waals surface area (Å²) in [5.74, 6) is 0.558. The molecule has 0 spiro atoms. The van der Waals surface area contributed by atoms with Gasteiger partial charge in [-0.2, -0.15) is 0 Å². The van der Waals surface area contributed by atoms with Crippen LogP contribution in [0.1, 0.15) is 30.9 Å². The van der Waals surface area contributed by atoms with Crippen molar-refractivity contribution in [3.63, 3.8) is 0 Å². The fourth-order valence-corrected chi connectivity index (χ4v) is 3.65. The van der Waals surface area contributed by atoms with Gasteiger partial charge in [0.25, 0.3) is 5.91 Å². The number of nitrogens with one attached hydrogen (secondary N) is 2. The lowest BCUT2D eigenvalue weighted by Crippen LogP contribution is -2.37. The van der Waals surface area contributed by atoms with E-state index in [1.807, 2.05) is 49.4 Å². The van der Waals surface area contributed by atoms with E-state index in [2.05, 4.69) is 28.5 Å². The van der Waals surface area contributed by atoms with Crippen LogP contribution in [0.5, 0.6) is 5.75 Å². The maximum atomic E-state index is 12.1. The SMILES string of the molecule is CCN1CCC[C@@H]1CNCc1cccc(OCC(=O)Nc2ccc(C)cc2)c1. The summed E-state index contributed by atoms with van der Waals surface area (Å²) < 4.78 is 5.67. The van der Waals surface area contributed by atoms with Gasteiger partial charge in [0.05, 0.1) is 0 Å². The minimum Gasteiger partial charge on any atom is -0.484 e. The van der Waals surface area contributed by atoms with Crippen molar-refractivity contribution in [1.82, 2.24) is 10.2 Å². The molecule has 2 N–H and O–H groups in total. The molecule has 5 nitrogen and oxygen atoms in total. The molecule has 1 aliphatic heterocycles. The molecule has 1 saturated heterocycles. The minimum atomic E-state index is -0.159. The van der Waals surface area contributed by atoms with Crippen molar-refractivity contribution in [2.75, 3.05) is 31.6 Å². The highest BCUT2D eigenvalue weighted by Crippen LogP contribution is 2.17. The number of benzene rings is 2. The molecule has 1 atom stereocenters. The van der Waals surface area contributed by atoms with Gasteiger partial charge in [0.1, 0.15) is 5.75 Å². The third-order valence-electron chi connectivity index (χ3n) is 5.22. The Balaban J connectivity index is 1.42. The number of nitrogens with zero attached hydrogens (tertiary/aromatic N) is 1. The number of hydrogen-bond donors (Lipinski definition) is 2. The first-order chi connectivity index (χ1) is 13.6. The second-order valence-corrected chi connectivity index (χ2v) is 7.41. The zero-order valence-corrected chi connectivity index (χ0v) is 16.9. The molecule has 1 heterocycles. The molecule has 1 fully saturated rings. The molecule has 0 aromatic heterocycles. The van der Waals surface area contributed by atoms with Crippen molar-refractivity contribution in [2.24, 2.45) is 0 Å². The number of likely N-dealkylation sites (tertiary alicyclic amines) is 1. The molecule has 28 heavy (non-hydrogen) atoms. The van der Waals surface area contributed by atoms with Crippen LogP contribution in [0, 0.1) is 6.92 Å². The zero-order chi connectivity index (χ0) is 19.8. The summed E-state index contributed by atoms with van der Waals surface area (Å²) >= 11 is 0. The number of carbonyl (C=O) groups excluding carboxylic acids is 1. The molecule has 0 radical (unpaired) electrons. The van der Waals surface area contributed by atoms with E-state index in [0.29, 0.717) is 6.04 Å². The number of ether oxygens (including phenoxy) is 1. The summed E-state index contributed by atoms with van der Waals surface area (Å²) in [5, 5.41) is 6.41. The molecule has 0 saturated carbocycles. The Labute approximate surface area is 168 Å². The number of aryl methyl sites for hydroxylation is 1. The average molecular weight is 382 g/mol. The zero-order valence-electron chi connectivity index (χ0n) is 16.9. The number of amides is 1. The number of hydrogen-bond acceptors (Lipinski definition) is 4. The maximum Gasteiger partial charge on any atom is 0.262 e. The number of rotatable bonds is 9. The van der Waals surface area contributed by atoms with Gasteiger partial charge >= 0.3 is 0 Å². The van der Waals surface area contributed by atoms with E-state index in [4.69, 9.17) is 4.74 Å². The van der Waals surface area contributed by atoms with Crippen molar-refractivity contribution in [3.05, 3.63) is 59.7 Å². The van der Waals surface area contributed by atoms with Crippen LogP contribution in [0.15, 0.2) is 48.5 Å². The van der Waals surface area contributed by atoms with Crippen molar-refractivity contribution >= 4 is 11.6 Å². The van der Waals surface area contributed by atoms with E-state index in [0.717, 1.165) is 42.2 Å². The molecule has 2 aromatic rings. The Morgan fingerprint density at radius 1 is 1.21 bits per heavy atom. The highest BCUT2D eigenvalue weighted by atomic mass is 16.5. The molecule has 1 amide bonds. The van der Waals surface area contributed by atoms with E-state index in [9.17, 15) is 4.79 Å². The second-order valence-electron chi connectivity index (χ2n) is 7.41. The molecule has 0 aliphatic carbocycles. The molecule has 2 aromatic carbocycles. The monoisotopic (exact) mass is 381 g/mol. The van der Waals surface area contributed by atoms with Gasteiger partial charge in [-0.05, 0) is 62.7 Å². The van der Waals surface area contributed by atoms with Crippen LogP contribution in [0.4, 0.5) is 5.69 Å². The van der Waals surface area contributed by atoms with Crippen molar-refractivity contribution in [1.29, 1.82) is 0 Å². The molecule has 5 heteroatoms. The van der Waals surface area contributed by atoms with E-state index >= 15 is 0 Å². The standard InChI is InChI=1S/C23H31N3O2/c1-3-26-13-5-7-21(26)16-24-15-19-6-4-8-22(14-19)28-17-23(27)25-20-11-9-18(2)10-12-20/h4,6,8-12,14,21,24H,3,5,7,13,15-17H2,1-2H3,(H,25,27)/t21-/m1/s1. The predicted molar refractivity (Wildman–Crippen MR) is 114 cm³/mol. The largest absolute Gasteiger partial charge is 0.484 e. The van der Waals surface area contributed by atoms with E-state index < -0.39 is 0 Å². The highest BCUT2D eigenvalue weighted by Gasteiger charge is 2.22. The summed E-state index contributed by atoms with van der Waals surface area (Å²) in [7, 11) is 0. The van der Waals surface area contributed by atoms with Crippen LogP contribution in [-0.2, 0) is 11.3 Å². The fourth-order valence-electron chi connectivity index (χ4n) is 3.65. The predicted octanol–water partition coefficient (Wildman–Crippen LogP) is 3.59. The Hall–Kier alpha value is -2.37. The number of carbonyl (C=O) groups is 1. The van der Waals surface area contributed by atoms with Gasteiger partial charge in [-0.25, -0.2) is 0 Å². The normalized spacial score (nSPS) is 16.9. The Morgan fingerprint density at radius 2 is 2.04 bits per heavy atom. The summed E-state index contributed by atoms with van der Waals surface area (Å²) in [6.45, 7) is 8.41. The van der Waals surface area contributed by atoms with Crippen molar-refractivity contribution in [2.45, 2.75) is 39.3 Å². The van der Waals surface area contributed by atoms with Gasteiger partial charge in [-0.15, -0.1) is 0 Å². The first-order valence-electron chi connectivity index (χ1n) is 10.2.